The van der Waals surface area contributed by atoms with Crippen molar-refractivity contribution in [1.29, 1.82) is 10.8 Å². The van der Waals surface area contributed by atoms with E-state index in [1.807, 2.05) is 20.8 Å². The molecule has 0 aliphatic carbocycles. The van der Waals surface area contributed by atoms with Crippen LogP contribution in [0.3, 0.4) is 0 Å². The van der Waals surface area contributed by atoms with Crippen LogP contribution < -0.4 is 97.0 Å². The second kappa shape index (κ2) is 61.2. The number of unbranched alkanes of at least 4 members (excludes halogenated alkanes) is 2. The molecular weight excluding hydrogens is 1970 g/mol. The van der Waals surface area contributed by atoms with Crippen LogP contribution >= 0.6 is 35.3 Å². The number of hydrogen-bond acceptors (Lipinski definition) is 27. The predicted octanol–water partition coefficient (Wildman–Crippen LogP) is -3.38. The van der Waals surface area contributed by atoms with Crippen molar-refractivity contribution < 1.29 is 106 Å². The van der Waals surface area contributed by atoms with Gasteiger partial charge in [0, 0.05) is 99.3 Å². The number of carboxylic acids is 1. The number of carbonyl (C=O) groups excluding carboxylic acids is 19. The predicted molar refractivity (Wildman–Crippen MR) is 550 cm³/mol. The number of likely N-dealkylation sites (tertiary alicyclic amines) is 2. The van der Waals surface area contributed by atoms with Gasteiger partial charge in [-0.3, -0.25) is 107 Å². The monoisotopic (exact) mass is 2120 g/mol. The molecule has 1 aromatic rings. The third-order valence-corrected chi connectivity index (χ3v) is 29.0. The highest BCUT2D eigenvalue weighted by atomic mass is 32.2. The van der Waals surface area contributed by atoms with Crippen LogP contribution in [0.2, 0.25) is 0 Å². The summed E-state index contributed by atoms with van der Waals surface area (Å²) in [5, 5.41) is 77.4. The van der Waals surface area contributed by atoms with Crippen molar-refractivity contribution in [2.24, 2.45) is 40.9 Å². The van der Waals surface area contributed by atoms with Crippen molar-refractivity contribution in [2.45, 2.75) is 314 Å². The molecule has 6 aliphatic heterocycles. The van der Waals surface area contributed by atoms with E-state index in [1.54, 1.807) is 76.8 Å². The molecule has 1 aromatic carbocycles. The number of primary amides is 1. The van der Waals surface area contributed by atoms with Gasteiger partial charge in [-0.2, -0.15) is 35.3 Å². The quantitative estimate of drug-likeness (QED) is 0.0203. The maximum Gasteiger partial charge on any atom is 0.303 e. The van der Waals surface area contributed by atoms with Gasteiger partial charge in [0.2, 0.25) is 112 Å². The lowest BCUT2D eigenvalue weighted by atomic mass is 9.99. The van der Waals surface area contributed by atoms with E-state index in [9.17, 15) is 67.7 Å². The van der Waals surface area contributed by atoms with Gasteiger partial charge in [0.25, 0.3) is 0 Å². The number of aliphatic carboxylic acids is 1. The van der Waals surface area contributed by atoms with Crippen LogP contribution in [0.5, 0.6) is 0 Å². The number of nitrogens with one attached hydrogen (secondary N) is 17. The molecule has 147 heavy (non-hydrogen) atoms. The summed E-state index contributed by atoms with van der Waals surface area (Å²) in [5.41, 5.74) is 17.6. The van der Waals surface area contributed by atoms with Crippen LogP contribution in [0.15, 0.2) is 30.3 Å². The average Bonchev–Trinajstić information content (AvgIpc) is 1.62. The van der Waals surface area contributed by atoms with Gasteiger partial charge in [0.15, 0.2) is 11.9 Å². The maximum atomic E-state index is 15.3. The van der Waals surface area contributed by atoms with Gasteiger partial charge in [0.05, 0.1) is 32.2 Å². The number of aliphatic hydroxyl groups is 1. The van der Waals surface area contributed by atoms with Crippen molar-refractivity contribution in [1.82, 2.24) is 109 Å². The zero-order valence-electron chi connectivity index (χ0n) is 86.2. The number of nitrogens with zero attached hydrogens (tertiary/aromatic N) is 6. The average molecular weight is 2120 g/mol. The Morgan fingerprint density at radius 1 is 0.490 bits per heavy atom. The fourth-order valence-corrected chi connectivity index (χ4v) is 20.9. The van der Waals surface area contributed by atoms with Crippen LogP contribution in [0.1, 0.15) is 210 Å². The molecule has 48 nitrogen and oxygen atoms in total. The van der Waals surface area contributed by atoms with Crippen LogP contribution in [-0.2, 0) is 102 Å². The number of benzene rings is 1. The van der Waals surface area contributed by atoms with Crippen LogP contribution in [0.4, 0.5) is 0 Å². The smallest absolute Gasteiger partial charge is 0.303 e. The first kappa shape index (κ1) is 122. The van der Waals surface area contributed by atoms with E-state index >= 15 is 38.4 Å². The highest BCUT2D eigenvalue weighted by Gasteiger charge is 2.47. The molecule has 0 saturated carbocycles. The fraction of sp³-hybridized carbons (Fsp3) is 0.708. The number of guanidine groups is 2. The summed E-state index contributed by atoms with van der Waals surface area (Å²) in [6.07, 6.45) is -1.79. The summed E-state index contributed by atoms with van der Waals surface area (Å²) >= 11 is 2.89. The summed E-state index contributed by atoms with van der Waals surface area (Å²) in [7, 11) is 0. The van der Waals surface area contributed by atoms with Crippen molar-refractivity contribution in [3.63, 3.8) is 0 Å². The third-order valence-electron chi connectivity index (χ3n) is 25.9. The van der Waals surface area contributed by atoms with Gasteiger partial charge in [-0.15, -0.1) is 0 Å². The van der Waals surface area contributed by atoms with Gasteiger partial charge >= 0.3 is 5.97 Å². The molecule has 6 fully saturated rings. The summed E-state index contributed by atoms with van der Waals surface area (Å²) in [5.74, 6) is -20.9. The number of carboxylic acid groups (broad SMARTS) is 1. The number of aliphatic hydroxyl groups excluding tert-OH is 1. The van der Waals surface area contributed by atoms with Crippen molar-refractivity contribution in [3.05, 3.63) is 35.9 Å². The molecule has 51 heteroatoms. The van der Waals surface area contributed by atoms with Crippen LogP contribution in [0.25, 0.3) is 0 Å². The lowest BCUT2D eigenvalue weighted by Crippen LogP contribution is -2.62. The maximum absolute atomic E-state index is 15.3. The molecule has 25 N–H and O–H groups in total. The van der Waals surface area contributed by atoms with Gasteiger partial charge < -0.3 is 137 Å². The van der Waals surface area contributed by atoms with Crippen LogP contribution in [-0.4, -0.2) is 366 Å². The number of carbonyl (C=O) groups is 20. The number of thioether (sulfide) groups is 3. The second-order valence-corrected chi connectivity index (χ2v) is 43.2. The molecule has 0 spiro atoms. The van der Waals surface area contributed by atoms with E-state index in [-0.39, 0.29) is 174 Å². The Bertz CT molecular complexity index is 4740. The summed E-state index contributed by atoms with van der Waals surface area (Å²) in [6, 6.07) is -14.3. The Hall–Kier alpha value is -11.9. The van der Waals surface area contributed by atoms with E-state index in [4.69, 9.17) is 28.0 Å². The molecule has 6 aliphatic rings. The first-order chi connectivity index (χ1) is 69.7. The minimum Gasteiger partial charge on any atom is -0.481 e. The van der Waals surface area contributed by atoms with Gasteiger partial charge in [-0.05, 0) is 152 Å². The van der Waals surface area contributed by atoms with Gasteiger partial charge in [-0.1, -0.05) is 92.6 Å². The number of nitrogens with two attached hydrogens (primary N) is 3. The number of hydrogen-bond donors (Lipinski definition) is 22. The molecule has 19 amide bonds. The first-order valence-corrected chi connectivity index (χ1v) is 54.4. The molecule has 5 unspecified atom stereocenters. The third kappa shape index (κ3) is 39.6. The molecule has 6 saturated heterocycles. The molecule has 820 valence electrons. The second-order valence-electron chi connectivity index (χ2n) is 39.7. The number of amides is 19. The first-order valence-electron chi connectivity index (χ1n) is 50.9. The Morgan fingerprint density at radius 3 is 1.48 bits per heavy atom. The molecule has 0 radical (unpaired) electrons. The number of fused-ring (bicyclic) bond motifs is 8. The molecule has 17 atom stereocenters. The Morgan fingerprint density at radius 2 is 0.959 bits per heavy atom. The zero-order valence-corrected chi connectivity index (χ0v) is 88.6. The largest absolute Gasteiger partial charge is 0.481 e. The minimum atomic E-state index is -1.85. The van der Waals surface area contributed by atoms with Gasteiger partial charge in [0.1, 0.15) is 90.6 Å². The highest BCUT2D eigenvalue weighted by molar-refractivity contribution is 7.99. The number of likely N-dealkylation sites (N-methyl/N-ethyl adjacent to an activating group) is 1. The van der Waals surface area contributed by atoms with E-state index in [1.165, 1.54) is 38.3 Å². The summed E-state index contributed by atoms with van der Waals surface area (Å²) < 4.78 is 0. The molecule has 0 aromatic heterocycles. The van der Waals surface area contributed by atoms with Crippen LogP contribution in [0, 0.1) is 34.5 Å². The Balaban J connectivity index is 1.30. The standard InChI is InChI=1S/C96H156N26O22S3/c1-12-102-65(45-55(6)7)92(142)122-39-22-29-72(122)94(144)121-38-21-28-71(121)89(139)114-69-49-147-42-34-75(126)119-51-117-50-118(52-119)74(125)33-41-146-48-68(113-82(132)62(30-31-76(127)128)106-81(131)60(25-16-18-35-103-95(98)99)108-90(140)77(56(8)9)115-87(69)137)86(136)105-57(10)80(130)109-63(43-53(2)3)84(134)110-64(44-54(4)5)85(135)111-66(46-59-23-14-13-15-24-59)93(143)120-37-20-27-70(120)88(138)107-61(26-17-19-36-104-96(100)101)83(133)116-78(58(11)123)91(141)112-67(79(97)129)47-145-40-32-73(117)124/h13-15,23-24,53-58,60-72,77-78,102,123H,12,16-22,25-52H2,1-11H3,(H2,97,129)(H,105,136)(H,106,131)(H,107,138)(H,108,140)(H,109,130)(H,110,134)(H,111,135)(H,112,141)(H,113,132)(H,114,139)(H,115,137)(H,116,133)(H,127,128)(H4,98,99,103)(H4,100,101,104)/t57-,58?,60-,61-,62+,63?,64?,65?,66?,67-,68-,69-,70+,71+,72+,77-,78-/m1/s1. The van der Waals surface area contributed by atoms with Crippen molar-refractivity contribution >= 4 is 165 Å². The van der Waals surface area contributed by atoms with Crippen molar-refractivity contribution in [3.8, 4) is 0 Å². The van der Waals surface area contributed by atoms with E-state index in [0.717, 1.165) is 35.3 Å². The SMILES string of the molecule is CCNC(CC(C)C)C(=O)N1CCC[C@H]1C(=O)N1CCC[C@H]1C(=O)N[C@@H]1CSCCC(=O)N2CN3CN(C2)C(=O)CCSC[C@@H](NC(=O)[C@H](CCC(=O)O)NC(=O)[C@@H](CCCCNC(=N)N)NC(=O)[C@@H](C(C)C)NC1=O)C(=O)N[C@H](C)C(=O)NC(CC(C)C)C(=O)NC(CC(C)C)C(=O)NC(Cc1ccccc1)C(=O)N1CCC[C@H]1C(=O)N[C@H](CCCCNC(=N)N)C(=O)N[C@H](C(C)O)C(=O)N[C@@H](C(N)=O)CSCCC3=O. The summed E-state index contributed by atoms with van der Waals surface area (Å²) in [4.78, 5) is 302. The van der Waals surface area contributed by atoms with E-state index < -0.39 is 266 Å². The van der Waals surface area contributed by atoms with E-state index in [2.05, 4.69) is 79.8 Å². The Kier molecular flexibility index (Phi) is 50.8. The molecule has 4 bridgehead atoms. The molecule has 6 heterocycles. The van der Waals surface area contributed by atoms with E-state index in [0.29, 0.717) is 50.8 Å². The summed E-state index contributed by atoms with van der Waals surface area (Å²) in [6.45, 7) is 18.4. The van der Waals surface area contributed by atoms with Crippen molar-refractivity contribution in [2.75, 3.05) is 93.8 Å². The normalized spacial score (nSPS) is 26.1. The topological polar surface area (TPSA) is 708 Å². The lowest BCUT2D eigenvalue weighted by Gasteiger charge is -2.42. The minimum absolute atomic E-state index is 0.0117. The lowest BCUT2D eigenvalue weighted by molar-refractivity contribution is -0.158. The zero-order chi connectivity index (χ0) is 109. The Labute approximate surface area is 871 Å². The van der Waals surface area contributed by atoms with Gasteiger partial charge in [-0.25, -0.2) is 0 Å². The highest BCUT2D eigenvalue weighted by Crippen LogP contribution is 2.29. The fourth-order valence-electron chi connectivity index (χ4n) is 18.0. The number of rotatable bonds is 30. The molecular formula is C96H156N26O22S3. The molecule has 7 rings (SSSR count).